The molecule has 22 heavy (non-hydrogen) atoms. The summed E-state index contributed by atoms with van der Waals surface area (Å²) < 4.78 is 0. The molecule has 0 unspecified atom stereocenters. The Morgan fingerprint density at radius 1 is 1.09 bits per heavy atom. The Morgan fingerprint density at radius 3 is 2.55 bits per heavy atom. The predicted molar refractivity (Wildman–Crippen MR) is 98.2 cm³/mol. The van der Waals surface area contributed by atoms with Gasteiger partial charge in [0.2, 0.25) is 0 Å². The summed E-state index contributed by atoms with van der Waals surface area (Å²) in [6.07, 6.45) is 6.47. The fourth-order valence-electron chi connectivity index (χ4n) is 2.58. The number of hydrogen-bond acceptors (Lipinski definition) is 2. The van der Waals surface area contributed by atoms with Crippen LogP contribution in [0.3, 0.4) is 0 Å². The first-order chi connectivity index (χ1) is 10.7. The molecule has 0 amide bonds. The van der Waals surface area contributed by atoms with Crippen LogP contribution in [0, 0.1) is 0 Å². The van der Waals surface area contributed by atoms with E-state index >= 15 is 0 Å². The lowest BCUT2D eigenvalue weighted by atomic mass is 10.1. The van der Waals surface area contributed by atoms with Gasteiger partial charge in [0.15, 0.2) is 0 Å². The maximum atomic E-state index is 4.15. The second kappa shape index (κ2) is 6.29. The Morgan fingerprint density at radius 2 is 1.82 bits per heavy atom. The van der Waals surface area contributed by atoms with Crippen LogP contribution < -0.4 is 15.3 Å². The molecule has 0 radical (unpaired) electrons. The molecule has 0 spiro atoms. The molecule has 3 rings (SSSR count). The Labute approximate surface area is 136 Å². The van der Waals surface area contributed by atoms with Gasteiger partial charge in [-0.25, -0.2) is 0 Å². The standard InChI is InChI=1S/C20H19NS/c1-4-9-16(17-11-6-5-10-15(17)2)14-20-21(3)18-12-7-8-13-19(18)22-20/h4-14H,2H2,1,3H3/b9-4-,17-16+,20-14-. The number of fused-ring (bicyclic) bond motifs is 1. The van der Waals surface area contributed by atoms with E-state index in [0.29, 0.717) is 0 Å². The van der Waals surface area contributed by atoms with E-state index in [1.165, 1.54) is 26.4 Å². The summed E-state index contributed by atoms with van der Waals surface area (Å²) in [5.41, 5.74) is 2.46. The second-order valence-electron chi connectivity index (χ2n) is 5.22. The summed E-state index contributed by atoms with van der Waals surface area (Å²) in [6, 6.07) is 16.8. The number of para-hydroxylation sites is 1. The van der Waals surface area contributed by atoms with E-state index in [4.69, 9.17) is 0 Å². The van der Waals surface area contributed by atoms with Crippen LogP contribution in [0.1, 0.15) is 6.92 Å². The van der Waals surface area contributed by atoms with E-state index in [1.54, 1.807) is 0 Å². The molecule has 0 aliphatic carbocycles. The lowest BCUT2D eigenvalue weighted by Crippen LogP contribution is -2.24. The number of hydrogen-bond donors (Lipinski definition) is 0. The van der Waals surface area contributed by atoms with Crippen molar-refractivity contribution in [2.24, 2.45) is 0 Å². The summed E-state index contributed by atoms with van der Waals surface area (Å²) in [7, 11) is 2.12. The third-order valence-corrected chi connectivity index (χ3v) is 4.89. The van der Waals surface area contributed by atoms with Gasteiger partial charge >= 0.3 is 0 Å². The first-order valence-electron chi connectivity index (χ1n) is 7.34. The fourth-order valence-corrected chi connectivity index (χ4v) is 3.68. The summed E-state index contributed by atoms with van der Waals surface area (Å²) in [5, 5.41) is 3.46. The van der Waals surface area contributed by atoms with E-state index < -0.39 is 0 Å². The molecule has 0 saturated carbocycles. The van der Waals surface area contributed by atoms with Gasteiger partial charge in [-0.05, 0) is 41.1 Å². The zero-order chi connectivity index (χ0) is 15.5. The van der Waals surface area contributed by atoms with Crippen LogP contribution in [0.4, 0.5) is 5.69 Å². The maximum Gasteiger partial charge on any atom is 0.0805 e. The van der Waals surface area contributed by atoms with E-state index in [2.05, 4.69) is 79.2 Å². The first-order valence-corrected chi connectivity index (χ1v) is 8.15. The van der Waals surface area contributed by atoms with Gasteiger partial charge in [0.1, 0.15) is 0 Å². The van der Waals surface area contributed by atoms with Crippen LogP contribution in [0.15, 0.2) is 76.7 Å². The lowest BCUT2D eigenvalue weighted by Gasteiger charge is -2.13. The quantitative estimate of drug-likeness (QED) is 0.827. The predicted octanol–water partition coefficient (Wildman–Crippen LogP) is 3.91. The highest BCUT2D eigenvalue weighted by atomic mass is 32.2. The normalized spacial score (nSPS) is 17.2. The molecule has 1 nitrogen and oxygen atoms in total. The number of nitrogens with zero attached hydrogens (tertiary/aromatic N) is 1. The van der Waals surface area contributed by atoms with Gasteiger partial charge in [0.05, 0.1) is 10.7 Å². The monoisotopic (exact) mass is 305 g/mol. The van der Waals surface area contributed by atoms with Crippen molar-refractivity contribution in [3.8, 4) is 0 Å². The van der Waals surface area contributed by atoms with Crippen LogP contribution in [0.2, 0.25) is 0 Å². The minimum Gasteiger partial charge on any atom is -0.338 e. The van der Waals surface area contributed by atoms with Gasteiger partial charge in [0, 0.05) is 11.9 Å². The van der Waals surface area contributed by atoms with Gasteiger partial charge in [-0.15, -0.1) is 0 Å². The summed E-state index contributed by atoms with van der Waals surface area (Å²) in [4.78, 5) is 3.55. The Hall–Kier alpha value is -2.19. The number of benzene rings is 2. The van der Waals surface area contributed by atoms with Crippen molar-refractivity contribution in [1.82, 2.24) is 0 Å². The molecule has 1 aliphatic rings. The Balaban J connectivity index is 2.13. The second-order valence-corrected chi connectivity index (χ2v) is 6.29. The van der Waals surface area contributed by atoms with Crippen LogP contribution in [0.25, 0.3) is 12.2 Å². The van der Waals surface area contributed by atoms with Gasteiger partial charge in [0.25, 0.3) is 0 Å². The highest BCUT2D eigenvalue weighted by Crippen LogP contribution is 2.45. The van der Waals surface area contributed by atoms with Crippen LogP contribution in [-0.2, 0) is 0 Å². The molecule has 0 saturated heterocycles. The number of rotatable bonds is 2. The smallest absolute Gasteiger partial charge is 0.0805 e. The average molecular weight is 305 g/mol. The summed E-state index contributed by atoms with van der Waals surface area (Å²) in [6.45, 7) is 6.20. The largest absolute Gasteiger partial charge is 0.338 e. The van der Waals surface area contributed by atoms with Crippen molar-refractivity contribution < 1.29 is 0 Å². The van der Waals surface area contributed by atoms with Crippen molar-refractivity contribution in [2.45, 2.75) is 11.8 Å². The van der Waals surface area contributed by atoms with Gasteiger partial charge in [-0.3, -0.25) is 0 Å². The molecule has 2 aromatic rings. The minimum absolute atomic E-state index is 1.05. The lowest BCUT2D eigenvalue weighted by molar-refractivity contribution is 1.18. The van der Waals surface area contributed by atoms with Gasteiger partial charge in [-0.2, -0.15) is 0 Å². The zero-order valence-electron chi connectivity index (χ0n) is 12.9. The van der Waals surface area contributed by atoms with Crippen molar-refractivity contribution >= 4 is 29.6 Å². The molecule has 110 valence electrons. The highest BCUT2D eigenvalue weighted by molar-refractivity contribution is 8.03. The van der Waals surface area contributed by atoms with E-state index in [-0.39, 0.29) is 0 Å². The highest BCUT2D eigenvalue weighted by Gasteiger charge is 2.21. The summed E-state index contributed by atoms with van der Waals surface area (Å²) >= 11 is 1.81. The van der Waals surface area contributed by atoms with E-state index in [9.17, 15) is 0 Å². The SMILES string of the molecule is C=c1cccc/c1=C(/C=C\C)\C=C1/Sc2ccccc2N1C. The third kappa shape index (κ3) is 2.75. The van der Waals surface area contributed by atoms with E-state index in [1.807, 2.05) is 24.8 Å². The molecule has 2 heteroatoms. The molecule has 1 aliphatic heterocycles. The average Bonchev–Trinajstić information content (AvgIpc) is 2.84. The van der Waals surface area contributed by atoms with Crippen molar-refractivity contribution in [2.75, 3.05) is 11.9 Å². The topological polar surface area (TPSA) is 3.24 Å². The molecule has 0 atom stereocenters. The molecule has 0 aromatic heterocycles. The molecule has 1 heterocycles. The molecule has 0 bridgehead atoms. The van der Waals surface area contributed by atoms with Crippen LogP contribution >= 0.6 is 11.8 Å². The summed E-state index contributed by atoms with van der Waals surface area (Å²) in [5.74, 6) is 0. The minimum atomic E-state index is 1.05. The zero-order valence-corrected chi connectivity index (χ0v) is 13.7. The first kappa shape index (κ1) is 14.7. The number of allylic oxidation sites excluding steroid dienone is 3. The van der Waals surface area contributed by atoms with Crippen LogP contribution in [0.5, 0.6) is 0 Å². The Bertz CT molecular complexity index is 861. The van der Waals surface area contributed by atoms with Crippen molar-refractivity contribution in [3.63, 3.8) is 0 Å². The molecular formula is C20H19NS. The molecule has 2 aromatic carbocycles. The van der Waals surface area contributed by atoms with Gasteiger partial charge < -0.3 is 4.90 Å². The van der Waals surface area contributed by atoms with Crippen LogP contribution in [-0.4, -0.2) is 7.05 Å². The maximum absolute atomic E-state index is 4.15. The molecular weight excluding hydrogens is 286 g/mol. The number of anilines is 1. The fraction of sp³-hybridized carbons (Fsp3) is 0.100. The Kier molecular flexibility index (Phi) is 4.21. The van der Waals surface area contributed by atoms with Crippen molar-refractivity contribution in [3.05, 3.63) is 82.2 Å². The number of thioether (sulfide) groups is 1. The third-order valence-electron chi connectivity index (χ3n) is 3.73. The van der Waals surface area contributed by atoms with E-state index in [0.717, 1.165) is 5.22 Å². The molecule has 0 N–H and O–H groups in total. The van der Waals surface area contributed by atoms with Crippen molar-refractivity contribution in [1.29, 1.82) is 0 Å². The molecule has 0 fully saturated rings. The van der Waals surface area contributed by atoms with Gasteiger partial charge in [-0.1, -0.05) is 66.9 Å².